The molecule has 0 saturated heterocycles. The lowest BCUT2D eigenvalue weighted by atomic mass is 10.8. The van der Waals surface area contributed by atoms with Crippen molar-refractivity contribution in [3.05, 3.63) is 0 Å². The molecule has 3 heteroatoms. The highest BCUT2D eigenvalue weighted by Gasteiger charge is 1.81. The monoisotopic (exact) mass is 182 g/mol. The zero-order chi connectivity index (χ0) is 9.70. The second-order valence-corrected chi connectivity index (χ2v) is 1.19. The van der Waals surface area contributed by atoms with Crippen LogP contribution in [-0.4, -0.2) is 19.3 Å². The van der Waals surface area contributed by atoms with E-state index >= 15 is 0 Å². The lowest BCUT2D eigenvalue weighted by Crippen LogP contribution is -1.95. The summed E-state index contributed by atoms with van der Waals surface area (Å²) in [5.74, 6) is -0.211. The van der Waals surface area contributed by atoms with Crippen LogP contribution in [-0.2, 0) is 9.53 Å². The molecule has 0 aliphatic rings. The maximum atomic E-state index is 10.3. The number of halogens is 1. The molecule has 0 bridgehead atoms. The van der Waals surface area contributed by atoms with E-state index in [2.05, 4.69) is 4.74 Å². The lowest BCUT2D eigenvalue weighted by Gasteiger charge is -1.89. The lowest BCUT2D eigenvalue weighted by molar-refractivity contribution is -0.140. The Balaban J connectivity index is -0.0000000462. The van der Waals surface area contributed by atoms with Crippen molar-refractivity contribution in [2.75, 3.05) is 13.3 Å². The molecule has 78 valence electrons. The Morgan fingerprint density at radius 1 is 1.33 bits per heavy atom. The molecule has 0 unspecified atom stereocenters. The molecule has 0 aromatic carbocycles. The molecule has 0 aromatic rings. The van der Waals surface area contributed by atoms with E-state index in [0.717, 1.165) is 0 Å². The summed E-state index contributed by atoms with van der Waals surface area (Å²) in [7, 11) is 0. The summed E-state index contributed by atoms with van der Waals surface area (Å²) in [6.07, 6.45) is 0. The minimum atomic E-state index is -0.250. The first-order valence-electron chi connectivity index (χ1n) is 3.88. The van der Waals surface area contributed by atoms with Crippen LogP contribution in [0.15, 0.2) is 0 Å². The Morgan fingerprint density at radius 2 is 1.58 bits per heavy atom. The van der Waals surface area contributed by atoms with Crippen LogP contribution < -0.4 is 0 Å². The van der Waals surface area contributed by atoms with E-state index in [0.29, 0.717) is 6.61 Å². The average molecular weight is 182 g/mol. The van der Waals surface area contributed by atoms with Gasteiger partial charge in [-0.2, -0.15) is 0 Å². The third kappa shape index (κ3) is 115. The van der Waals surface area contributed by atoms with Gasteiger partial charge in [0.25, 0.3) is 0 Å². The topological polar surface area (TPSA) is 26.3 Å². The van der Waals surface area contributed by atoms with Gasteiger partial charge in [-0.1, -0.05) is 21.3 Å². The highest BCUT2D eigenvalue weighted by atomic mass is 19.1. The van der Waals surface area contributed by atoms with Crippen LogP contribution in [0, 0.1) is 0 Å². The Hall–Kier alpha value is -0.600. The molecule has 0 amide bonds. The van der Waals surface area contributed by atoms with Crippen LogP contribution in [0.25, 0.3) is 0 Å². The van der Waals surface area contributed by atoms with Crippen LogP contribution in [0.3, 0.4) is 0 Å². The van der Waals surface area contributed by atoms with Crippen LogP contribution >= 0.6 is 0 Å². The average Bonchev–Trinajstić information content (AvgIpc) is 1.93. The number of alkyl halides is 1. The van der Waals surface area contributed by atoms with E-state index in [9.17, 15) is 9.18 Å². The van der Waals surface area contributed by atoms with Gasteiger partial charge in [0, 0.05) is 6.92 Å². The Bertz CT molecular complexity index is 65.5. The van der Waals surface area contributed by atoms with Crippen molar-refractivity contribution >= 4 is 5.97 Å². The zero-order valence-electron chi connectivity index (χ0n) is 8.11. The minimum absolute atomic E-state index is 0. The molecule has 0 aliphatic heterocycles. The number of hydrogen-bond donors (Lipinski definition) is 0. The van der Waals surface area contributed by atoms with Crippen molar-refractivity contribution < 1.29 is 13.9 Å². The summed E-state index contributed by atoms with van der Waals surface area (Å²) in [6, 6.07) is 0. The molecule has 0 saturated carbocycles. The van der Waals surface area contributed by atoms with Crippen LogP contribution in [0.4, 0.5) is 4.39 Å². The van der Waals surface area contributed by atoms with Crippen LogP contribution in [0.5, 0.6) is 0 Å². The number of ether oxygens (including phenoxy) is 1. The van der Waals surface area contributed by atoms with E-state index in [4.69, 9.17) is 0 Å². The van der Waals surface area contributed by atoms with Crippen molar-refractivity contribution in [2.45, 2.75) is 42.0 Å². The fourth-order valence-corrected chi connectivity index (χ4v) is 0.203. The molecular formula is C9H23FO2. The molecule has 0 aromatic heterocycles. The van der Waals surface area contributed by atoms with Gasteiger partial charge in [0.05, 0.1) is 13.3 Å². The molecular weight excluding hydrogens is 159 g/mol. The van der Waals surface area contributed by atoms with Gasteiger partial charge in [-0.15, -0.1) is 0 Å². The maximum absolute atomic E-state index is 10.3. The van der Waals surface area contributed by atoms with E-state index in [1.807, 2.05) is 13.8 Å². The highest BCUT2D eigenvalue weighted by molar-refractivity contribution is 5.65. The Kier molecular flexibility index (Phi) is 59.1. The molecule has 0 spiro atoms. The molecule has 0 N–H and O–H groups in total. The molecule has 12 heavy (non-hydrogen) atoms. The third-order valence-corrected chi connectivity index (χ3v) is 0.348. The summed E-state index contributed by atoms with van der Waals surface area (Å²) in [4.78, 5) is 9.82. The smallest absolute Gasteiger partial charge is 0.302 e. The molecule has 0 atom stereocenters. The molecule has 0 aliphatic carbocycles. The SMILES string of the molecule is C.CC.CCF.CCOC(C)=O. The highest BCUT2D eigenvalue weighted by Crippen LogP contribution is 1.69. The van der Waals surface area contributed by atoms with E-state index < -0.39 is 0 Å². The van der Waals surface area contributed by atoms with Gasteiger partial charge in [-0.3, -0.25) is 9.18 Å². The summed E-state index contributed by atoms with van der Waals surface area (Å²) < 4.78 is 14.7. The van der Waals surface area contributed by atoms with Crippen molar-refractivity contribution in [1.82, 2.24) is 0 Å². The van der Waals surface area contributed by atoms with Crippen LogP contribution in [0.2, 0.25) is 0 Å². The quantitative estimate of drug-likeness (QED) is 0.582. The van der Waals surface area contributed by atoms with E-state index in [1.165, 1.54) is 13.8 Å². The van der Waals surface area contributed by atoms with Crippen LogP contribution in [0.1, 0.15) is 42.0 Å². The first kappa shape index (κ1) is 22.5. The summed E-state index contributed by atoms with van der Waals surface area (Å²) >= 11 is 0. The molecule has 2 nitrogen and oxygen atoms in total. The first-order chi connectivity index (χ1) is 5.18. The van der Waals surface area contributed by atoms with Gasteiger partial charge >= 0.3 is 5.97 Å². The van der Waals surface area contributed by atoms with Crippen molar-refractivity contribution in [3.8, 4) is 0 Å². The second kappa shape index (κ2) is 31.5. The number of carbonyl (C=O) groups is 1. The molecule has 0 rings (SSSR count). The zero-order valence-corrected chi connectivity index (χ0v) is 8.11. The fraction of sp³-hybridized carbons (Fsp3) is 0.889. The fourth-order valence-electron chi connectivity index (χ4n) is 0.203. The van der Waals surface area contributed by atoms with Crippen molar-refractivity contribution in [3.63, 3.8) is 0 Å². The molecule has 0 radical (unpaired) electrons. The van der Waals surface area contributed by atoms with Gasteiger partial charge in [0.2, 0.25) is 0 Å². The third-order valence-electron chi connectivity index (χ3n) is 0.348. The largest absolute Gasteiger partial charge is 0.466 e. The first-order valence-corrected chi connectivity index (χ1v) is 3.88. The number of carbonyl (C=O) groups excluding carboxylic acids is 1. The number of hydrogen-bond acceptors (Lipinski definition) is 2. The summed E-state index contributed by atoms with van der Waals surface area (Å²) in [6.45, 7) is 8.86. The number of esters is 1. The van der Waals surface area contributed by atoms with E-state index in [1.54, 1.807) is 6.92 Å². The Morgan fingerprint density at radius 3 is 1.58 bits per heavy atom. The molecule has 0 heterocycles. The number of rotatable bonds is 1. The van der Waals surface area contributed by atoms with Crippen molar-refractivity contribution in [1.29, 1.82) is 0 Å². The van der Waals surface area contributed by atoms with Gasteiger partial charge in [0.15, 0.2) is 0 Å². The Labute approximate surface area is 76.1 Å². The van der Waals surface area contributed by atoms with Crippen molar-refractivity contribution in [2.24, 2.45) is 0 Å². The van der Waals surface area contributed by atoms with Gasteiger partial charge in [-0.05, 0) is 13.8 Å². The predicted octanol–water partition coefficient (Wildman–Crippen LogP) is 3.21. The van der Waals surface area contributed by atoms with Gasteiger partial charge in [0.1, 0.15) is 0 Å². The minimum Gasteiger partial charge on any atom is -0.466 e. The van der Waals surface area contributed by atoms with Gasteiger partial charge < -0.3 is 4.74 Å². The standard InChI is InChI=1S/C4H8O2.C2H5F.C2H6.CH4/c1-3-6-4(2)5;1-2-3;1-2;/h3H2,1-2H3;2H2,1H3;1-2H3;1H4. The second-order valence-electron chi connectivity index (χ2n) is 1.19. The van der Waals surface area contributed by atoms with E-state index in [-0.39, 0.29) is 20.1 Å². The summed E-state index contributed by atoms with van der Waals surface area (Å²) in [5.41, 5.74) is 0. The normalized spacial score (nSPS) is 5.83. The predicted molar refractivity (Wildman–Crippen MR) is 52.0 cm³/mol. The molecule has 0 fully saturated rings. The maximum Gasteiger partial charge on any atom is 0.302 e. The van der Waals surface area contributed by atoms with Gasteiger partial charge in [-0.25, -0.2) is 0 Å². The summed E-state index contributed by atoms with van der Waals surface area (Å²) in [5, 5.41) is 0.